The molecule has 1 N–H and O–H groups in total. The molecule has 3 atom stereocenters. The van der Waals surface area contributed by atoms with Gasteiger partial charge in [-0.25, -0.2) is 0 Å². The molecule has 0 amide bonds. The Morgan fingerprint density at radius 3 is 2.95 bits per heavy atom. The molecule has 0 radical (unpaired) electrons. The van der Waals surface area contributed by atoms with Crippen LogP contribution in [0.3, 0.4) is 0 Å². The van der Waals surface area contributed by atoms with Crippen molar-refractivity contribution in [2.75, 3.05) is 14.2 Å². The maximum Gasteiger partial charge on any atom is 0.317 e. The van der Waals surface area contributed by atoms with Gasteiger partial charge in [0.2, 0.25) is 0 Å². The first-order valence-corrected chi connectivity index (χ1v) is 7.69. The molecular weight excluding hydrogens is 356 g/mol. The Morgan fingerprint density at radius 1 is 1.57 bits per heavy atom. The molecule has 2 heterocycles. The molecule has 0 aliphatic carbocycles. The van der Waals surface area contributed by atoms with Gasteiger partial charge in [-0.15, -0.1) is 0 Å². The standard InChI is InChI=1S/C14H15BrN2O3S/c1-14-10(12(18)19-3)11(16-13(21)17(14)2)8-6-7(15)4-5-9(8)20-14/h4-6,10-11H,1-3H3,(H,16,21). The number of nitrogens with one attached hydrogen (secondary N) is 1. The number of fused-ring (bicyclic) bond motifs is 4. The number of carbonyl (C=O) groups excluding carboxylic acids is 1. The van der Waals surface area contributed by atoms with Crippen molar-refractivity contribution >= 4 is 39.2 Å². The second-order valence-corrected chi connectivity index (χ2v) is 6.63. The number of nitrogens with zero attached hydrogens (tertiary/aromatic N) is 1. The Bertz CT molecular complexity index is 639. The third-order valence-electron chi connectivity index (χ3n) is 4.24. The molecule has 2 aliphatic rings. The van der Waals surface area contributed by atoms with Crippen LogP contribution in [0.25, 0.3) is 0 Å². The van der Waals surface area contributed by atoms with Gasteiger partial charge >= 0.3 is 5.97 Å². The van der Waals surface area contributed by atoms with Crippen molar-refractivity contribution in [3.8, 4) is 5.75 Å². The van der Waals surface area contributed by atoms with E-state index >= 15 is 0 Å². The van der Waals surface area contributed by atoms with E-state index < -0.39 is 11.6 Å². The Balaban J connectivity index is 2.19. The van der Waals surface area contributed by atoms with Crippen molar-refractivity contribution < 1.29 is 14.3 Å². The Labute approximate surface area is 136 Å². The molecule has 2 bridgehead atoms. The van der Waals surface area contributed by atoms with Gasteiger partial charge in [-0.05, 0) is 37.3 Å². The van der Waals surface area contributed by atoms with E-state index in [2.05, 4.69) is 21.2 Å². The van der Waals surface area contributed by atoms with Gasteiger partial charge in [-0.3, -0.25) is 4.79 Å². The second-order valence-electron chi connectivity index (χ2n) is 5.33. The van der Waals surface area contributed by atoms with E-state index in [1.54, 1.807) is 4.90 Å². The quantitative estimate of drug-likeness (QED) is 0.604. The molecule has 112 valence electrons. The number of carbonyl (C=O) groups is 1. The summed E-state index contributed by atoms with van der Waals surface area (Å²) in [6, 6.07) is 5.47. The van der Waals surface area contributed by atoms with E-state index in [-0.39, 0.29) is 12.0 Å². The average Bonchev–Trinajstić information content (AvgIpc) is 2.45. The summed E-state index contributed by atoms with van der Waals surface area (Å²) in [5.41, 5.74) is 0.0219. The van der Waals surface area contributed by atoms with Gasteiger partial charge in [-0.1, -0.05) is 15.9 Å². The number of esters is 1. The lowest BCUT2D eigenvalue weighted by molar-refractivity contribution is -0.170. The zero-order chi connectivity index (χ0) is 15.4. The van der Waals surface area contributed by atoms with Gasteiger partial charge in [0.05, 0.1) is 13.2 Å². The second kappa shape index (κ2) is 4.84. The number of ether oxygens (including phenoxy) is 2. The fraction of sp³-hybridized carbons (Fsp3) is 0.429. The molecule has 1 fully saturated rings. The van der Waals surface area contributed by atoms with Crippen LogP contribution in [0.5, 0.6) is 5.75 Å². The van der Waals surface area contributed by atoms with Crippen LogP contribution < -0.4 is 10.1 Å². The molecular formula is C14H15BrN2O3S. The maximum absolute atomic E-state index is 12.3. The molecule has 1 aromatic rings. The lowest BCUT2D eigenvalue weighted by atomic mass is 9.80. The monoisotopic (exact) mass is 370 g/mol. The van der Waals surface area contributed by atoms with Crippen LogP contribution in [0.2, 0.25) is 0 Å². The molecule has 3 rings (SSSR count). The number of hydrogen-bond acceptors (Lipinski definition) is 4. The summed E-state index contributed by atoms with van der Waals surface area (Å²) in [4.78, 5) is 14.1. The van der Waals surface area contributed by atoms with E-state index in [1.807, 2.05) is 32.2 Å². The van der Waals surface area contributed by atoms with Crippen molar-refractivity contribution in [2.24, 2.45) is 5.92 Å². The minimum Gasteiger partial charge on any atom is -0.469 e. The highest BCUT2D eigenvalue weighted by Crippen LogP contribution is 2.48. The molecule has 0 saturated carbocycles. The molecule has 5 nitrogen and oxygen atoms in total. The summed E-state index contributed by atoms with van der Waals surface area (Å²) < 4.78 is 12.0. The number of thiocarbonyl (C=S) groups is 1. The normalized spacial score (nSPS) is 30.1. The summed E-state index contributed by atoms with van der Waals surface area (Å²) >= 11 is 8.82. The minimum atomic E-state index is -0.874. The summed E-state index contributed by atoms with van der Waals surface area (Å²) in [5, 5.41) is 3.78. The highest BCUT2D eigenvalue weighted by atomic mass is 79.9. The predicted octanol–water partition coefficient (Wildman–Crippen LogP) is 2.21. The Hall–Kier alpha value is -1.34. The lowest BCUT2D eigenvalue weighted by Gasteiger charge is -2.54. The molecule has 0 aromatic heterocycles. The molecule has 2 aliphatic heterocycles. The topological polar surface area (TPSA) is 50.8 Å². The molecule has 3 unspecified atom stereocenters. The Kier molecular flexibility index (Phi) is 3.37. The predicted molar refractivity (Wildman–Crippen MR) is 84.9 cm³/mol. The number of rotatable bonds is 1. The van der Waals surface area contributed by atoms with E-state index in [1.165, 1.54) is 7.11 Å². The third-order valence-corrected chi connectivity index (χ3v) is 5.12. The van der Waals surface area contributed by atoms with Crippen LogP contribution in [0.4, 0.5) is 0 Å². The van der Waals surface area contributed by atoms with Crippen LogP contribution in [0.15, 0.2) is 22.7 Å². The van der Waals surface area contributed by atoms with Crippen molar-refractivity contribution in [3.63, 3.8) is 0 Å². The highest BCUT2D eigenvalue weighted by Gasteiger charge is 2.58. The van der Waals surface area contributed by atoms with Crippen LogP contribution in [-0.4, -0.2) is 35.9 Å². The summed E-state index contributed by atoms with van der Waals surface area (Å²) in [6.07, 6.45) is 0. The molecule has 7 heteroatoms. The summed E-state index contributed by atoms with van der Waals surface area (Å²) in [5.74, 6) is -0.0938. The molecule has 1 aromatic carbocycles. The van der Waals surface area contributed by atoms with Crippen LogP contribution in [-0.2, 0) is 9.53 Å². The van der Waals surface area contributed by atoms with Crippen LogP contribution in [0, 0.1) is 5.92 Å². The average molecular weight is 371 g/mol. The van der Waals surface area contributed by atoms with E-state index in [0.29, 0.717) is 5.11 Å². The number of hydrogen-bond donors (Lipinski definition) is 1. The fourth-order valence-corrected chi connectivity index (χ4v) is 3.67. The van der Waals surface area contributed by atoms with Crippen molar-refractivity contribution in [2.45, 2.75) is 18.7 Å². The van der Waals surface area contributed by atoms with Crippen LogP contribution in [0.1, 0.15) is 18.5 Å². The minimum absolute atomic E-state index is 0.271. The van der Waals surface area contributed by atoms with Gasteiger partial charge < -0.3 is 19.7 Å². The van der Waals surface area contributed by atoms with Crippen molar-refractivity contribution in [1.82, 2.24) is 10.2 Å². The number of halogens is 1. The fourth-order valence-electron chi connectivity index (χ4n) is 2.98. The SMILES string of the molecule is COC(=O)C1C2NC(=S)N(C)C1(C)Oc1ccc(Br)cc12. The zero-order valence-corrected chi connectivity index (χ0v) is 14.2. The summed E-state index contributed by atoms with van der Waals surface area (Å²) in [6.45, 7) is 1.86. The maximum atomic E-state index is 12.3. The largest absolute Gasteiger partial charge is 0.469 e. The Morgan fingerprint density at radius 2 is 2.29 bits per heavy atom. The molecule has 1 saturated heterocycles. The van der Waals surface area contributed by atoms with Gasteiger partial charge in [0, 0.05) is 17.1 Å². The molecule has 21 heavy (non-hydrogen) atoms. The number of benzene rings is 1. The van der Waals surface area contributed by atoms with Gasteiger partial charge in [0.25, 0.3) is 0 Å². The first-order chi connectivity index (χ1) is 9.88. The highest BCUT2D eigenvalue weighted by molar-refractivity contribution is 9.10. The molecule has 0 spiro atoms. The zero-order valence-electron chi connectivity index (χ0n) is 11.8. The smallest absolute Gasteiger partial charge is 0.317 e. The number of methoxy groups -OCH3 is 1. The van der Waals surface area contributed by atoms with Crippen molar-refractivity contribution in [3.05, 3.63) is 28.2 Å². The van der Waals surface area contributed by atoms with Gasteiger partial charge in [0.15, 0.2) is 10.8 Å². The first-order valence-electron chi connectivity index (χ1n) is 6.49. The van der Waals surface area contributed by atoms with E-state index in [0.717, 1.165) is 15.8 Å². The summed E-state index contributed by atoms with van der Waals surface area (Å²) in [7, 11) is 3.20. The third kappa shape index (κ3) is 2.02. The van der Waals surface area contributed by atoms with Crippen molar-refractivity contribution in [1.29, 1.82) is 0 Å². The van der Waals surface area contributed by atoms with Gasteiger partial charge in [0.1, 0.15) is 11.7 Å². The lowest BCUT2D eigenvalue weighted by Crippen LogP contribution is -2.70. The van der Waals surface area contributed by atoms with Gasteiger partial charge in [-0.2, -0.15) is 0 Å². The first kappa shape index (κ1) is 14.6. The van der Waals surface area contributed by atoms with Crippen LogP contribution >= 0.6 is 28.1 Å². The van der Waals surface area contributed by atoms with E-state index in [4.69, 9.17) is 21.7 Å². The van der Waals surface area contributed by atoms with E-state index in [9.17, 15) is 4.79 Å².